The van der Waals surface area contributed by atoms with Gasteiger partial charge in [-0.05, 0) is 61.1 Å². The molecule has 5 heteroatoms. The second kappa shape index (κ2) is 7.58. The molecule has 1 aliphatic rings. The lowest BCUT2D eigenvalue weighted by Gasteiger charge is -2.37. The van der Waals surface area contributed by atoms with E-state index in [1.165, 1.54) is 6.42 Å². The van der Waals surface area contributed by atoms with E-state index in [1.807, 2.05) is 12.1 Å². The average molecular weight is 372 g/mol. The molecule has 0 unspecified atom stereocenters. The van der Waals surface area contributed by atoms with Crippen molar-refractivity contribution in [3.63, 3.8) is 0 Å². The number of nitrogen functional groups attached to an aromatic ring is 1. The van der Waals surface area contributed by atoms with Gasteiger partial charge in [-0.1, -0.05) is 31.5 Å². The lowest BCUT2D eigenvalue weighted by molar-refractivity contribution is 0.102. The average Bonchev–Trinajstić information content (AvgIpc) is 2.56. The second-order valence-electron chi connectivity index (χ2n) is 7.54. The van der Waals surface area contributed by atoms with Crippen molar-refractivity contribution >= 4 is 34.6 Å². The molecule has 0 aromatic heterocycles. The molecule has 138 valence electrons. The summed E-state index contributed by atoms with van der Waals surface area (Å²) in [7, 11) is 0. The number of hydrogen-bond donors (Lipinski definition) is 2. The molecule has 1 fully saturated rings. The summed E-state index contributed by atoms with van der Waals surface area (Å²) in [6.45, 7) is 8.69. The van der Waals surface area contributed by atoms with E-state index >= 15 is 0 Å². The van der Waals surface area contributed by atoms with Crippen LogP contribution in [0.15, 0.2) is 36.4 Å². The monoisotopic (exact) mass is 371 g/mol. The fourth-order valence-electron chi connectivity index (χ4n) is 3.85. The smallest absolute Gasteiger partial charge is 0.255 e. The highest BCUT2D eigenvalue weighted by Crippen LogP contribution is 2.33. The summed E-state index contributed by atoms with van der Waals surface area (Å²) in [6, 6.07) is 10.8. The highest BCUT2D eigenvalue weighted by molar-refractivity contribution is 6.31. The maximum Gasteiger partial charge on any atom is 0.255 e. The largest absolute Gasteiger partial charge is 0.397 e. The molecule has 2 aromatic carbocycles. The lowest BCUT2D eigenvalue weighted by Crippen LogP contribution is -2.39. The molecule has 0 saturated carbocycles. The van der Waals surface area contributed by atoms with E-state index in [-0.39, 0.29) is 5.91 Å². The van der Waals surface area contributed by atoms with Gasteiger partial charge in [0, 0.05) is 29.4 Å². The first kappa shape index (κ1) is 18.6. The Bertz CT molecular complexity index is 811. The zero-order valence-corrected chi connectivity index (χ0v) is 16.3. The summed E-state index contributed by atoms with van der Waals surface area (Å²) in [4.78, 5) is 15.0. The van der Waals surface area contributed by atoms with E-state index in [0.717, 1.165) is 24.3 Å². The molecule has 0 radical (unpaired) electrons. The van der Waals surface area contributed by atoms with E-state index in [2.05, 4.69) is 31.0 Å². The number of aryl methyl sites for hydroxylation is 1. The number of rotatable bonds is 3. The van der Waals surface area contributed by atoms with E-state index in [1.54, 1.807) is 24.3 Å². The van der Waals surface area contributed by atoms with Crippen molar-refractivity contribution in [1.29, 1.82) is 0 Å². The Hall–Kier alpha value is -2.20. The SMILES string of the molecule is Cc1cc(N)c(NC(=O)c2cccc(Cl)c2)cc1N1C[C@H](C)C[C@H](C)C1. The fraction of sp³-hybridized carbons (Fsp3) is 0.381. The van der Waals surface area contributed by atoms with E-state index in [0.29, 0.717) is 33.8 Å². The van der Waals surface area contributed by atoms with E-state index in [9.17, 15) is 4.79 Å². The first-order valence-corrected chi connectivity index (χ1v) is 9.43. The highest BCUT2D eigenvalue weighted by Gasteiger charge is 2.24. The van der Waals surface area contributed by atoms with Gasteiger partial charge in [-0.25, -0.2) is 0 Å². The van der Waals surface area contributed by atoms with Crippen LogP contribution in [0.25, 0.3) is 0 Å². The van der Waals surface area contributed by atoms with Gasteiger partial charge in [0.2, 0.25) is 0 Å². The number of carbonyl (C=O) groups is 1. The zero-order valence-electron chi connectivity index (χ0n) is 15.6. The van der Waals surface area contributed by atoms with Crippen molar-refractivity contribution in [3.8, 4) is 0 Å². The number of nitrogens with zero attached hydrogens (tertiary/aromatic N) is 1. The summed E-state index contributed by atoms with van der Waals surface area (Å²) >= 11 is 5.99. The lowest BCUT2D eigenvalue weighted by atomic mass is 9.91. The molecule has 1 saturated heterocycles. The predicted molar refractivity (Wildman–Crippen MR) is 110 cm³/mol. The van der Waals surface area contributed by atoms with Crippen LogP contribution in [-0.4, -0.2) is 19.0 Å². The normalized spacial score (nSPS) is 20.1. The molecule has 2 atom stereocenters. The molecule has 0 bridgehead atoms. The van der Waals surface area contributed by atoms with Crippen molar-refractivity contribution in [2.45, 2.75) is 27.2 Å². The highest BCUT2D eigenvalue weighted by atomic mass is 35.5. The third-order valence-corrected chi connectivity index (χ3v) is 5.15. The van der Waals surface area contributed by atoms with Crippen LogP contribution in [0, 0.1) is 18.8 Å². The van der Waals surface area contributed by atoms with Gasteiger partial charge >= 0.3 is 0 Å². The first-order chi connectivity index (χ1) is 12.3. The van der Waals surface area contributed by atoms with Crippen LogP contribution in [0.3, 0.4) is 0 Å². The molecule has 1 aliphatic heterocycles. The van der Waals surface area contributed by atoms with Crippen LogP contribution < -0.4 is 16.0 Å². The minimum atomic E-state index is -0.214. The Morgan fingerprint density at radius 2 is 1.88 bits per heavy atom. The van der Waals surface area contributed by atoms with Gasteiger partial charge in [0.05, 0.1) is 11.4 Å². The number of nitrogens with two attached hydrogens (primary N) is 1. The molecule has 1 amide bonds. The van der Waals surface area contributed by atoms with Gasteiger partial charge in [-0.2, -0.15) is 0 Å². The summed E-state index contributed by atoms with van der Waals surface area (Å²) in [5.74, 6) is 1.09. The molecule has 0 spiro atoms. The predicted octanol–water partition coefficient (Wildman–Crippen LogP) is 4.97. The van der Waals surface area contributed by atoms with Crippen molar-refractivity contribution in [3.05, 3.63) is 52.5 Å². The van der Waals surface area contributed by atoms with Crippen molar-refractivity contribution < 1.29 is 4.79 Å². The number of anilines is 3. The molecular formula is C21H26ClN3O. The fourth-order valence-corrected chi connectivity index (χ4v) is 4.04. The third kappa shape index (κ3) is 4.13. The third-order valence-electron chi connectivity index (χ3n) is 4.91. The van der Waals surface area contributed by atoms with Crippen LogP contribution in [0.1, 0.15) is 36.2 Å². The Kier molecular flexibility index (Phi) is 5.42. The van der Waals surface area contributed by atoms with Gasteiger partial charge in [-0.3, -0.25) is 4.79 Å². The van der Waals surface area contributed by atoms with Gasteiger partial charge in [0.15, 0.2) is 0 Å². The molecule has 3 N–H and O–H groups in total. The van der Waals surface area contributed by atoms with Crippen molar-refractivity contribution in [2.24, 2.45) is 11.8 Å². The number of nitrogens with one attached hydrogen (secondary N) is 1. The molecule has 4 nitrogen and oxygen atoms in total. The maximum atomic E-state index is 12.6. The quantitative estimate of drug-likeness (QED) is 0.749. The number of hydrogen-bond acceptors (Lipinski definition) is 3. The Morgan fingerprint density at radius 3 is 2.54 bits per heavy atom. The topological polar surface area (TPSA) is 58.4 Å². The molecule has 2 aromatic rings. The van der Waals surface area contributed by atoms with Gasteiger partial charge in [0.25, 0.3) is 5.91 Å². The van der Waals surface area contributed by atoms with Crippen LogP contribution >= 0.6 is 11.6 Å². The number of halogens is 1. The van der Waals surface area contributed by atoms with Crippen LogP contribution in [0.5, 0.6) is 0 Å². The van der Waals surface area contributed by atoms with Crippen LogP contribution in [0.4, 0.5) is 17.1 Å². The number of amides is 1. The van der Waals surface area contributed by atoms with Crippen molar-refractivity contribution in [1.82, 2.24) is 0 Å². The Morgan fingerprint density at radius 1 is 1.19 bits per heavy atom. The first-order valence-electron chi connectivity index (χ1n) is 9.05. The van der Waals surface area contributed by atoms with Gasteiger partial charge in [-0.15, -0.1) is 0 Å². The molecule has 26 heavy (non-hydrogen) atoms. The Labute approximate surface area is 160 Å². The molecule has 3 rings (SSSR count). The summed E-state index contributed by atoms with van der Waals surface area (Å²) in [5, 5.41) is 3.47. The maximum absolute atomic E-state index is 12.6. The van der Waals surface area contributed by atoms with E-state index < -0.39 is 0 Å². The minimum absolute atomic E-state index is 0.214. The summed E-state index contributed by atoms with van der Waals surface area (Å²) < 4.78 is 0. The van der Waals surface area contributed by atoms with E-state index in [4.69, 9.17) is 17.3 Å². The van der Waals surface area contributed by atoms with Crippen LogP contribution in [-0.2, 0) is 0 Å². The summed E-state index contributed by atoms with van der Waals surface area (Å²) in [5.41, 5.74) is 10.2. The molecular weight excluding hydrogens is 346 g/mol. The molecule has 1 heterocycles. The van der Waals surface area contributed by atoms with Crippen LogP contribution in [0.2, 0.25) is 5.02 Å². The number of carbonyl (C=O) groups excluding carboxylic acids is 1. The zero-order chi connectivity index (χ0) is 18.8. The second-order valence-corrected chi connectivity index (χ2v) is 7.98. The summed E-state index contributed by atoms with van der Waals surface area (Å²) in [6.07, 6.45) is 1.25. The van der Waals surface area contributed by atoms with Gasteiger partial charge < -0.3 is 16.0 Å². The number of piperidine rings is 1. The Balaban J connectivity index is 1.87. The standard InChI is InChI=1S/C21H26ClN3O/c1-13-7-14(2)12-25(11-13)20-10-19(18(23)8-15(20)3)24-21(26)16-5-4-6-17(22)9-16/h4-6,8-10,13-14H,7,11-12,23H2,1-3H3,(H,24,26)/t13-,14+. The van der Waals surface area contributed by atoms with Crippen molar-refractivity contribution in [2.75, 3.05) is 29.0 Å². The van der Waals surface area contributed by atoms with Gasteiger partial charge in [0.1, 0.15) is 0 Å². The molecule has 0 aliphatic carbocycles. The number of benzene rings is 2. The minimum Gasteiger partial charge on any atom is -0.397 e.